The molecule has 0 spiro atoms. The van der Waals surface area contributed by atoms with Gasteiger partial charge in [-0.1, -0.05) is 34.8 Å². The molecule has 1 aromatic carbocycles. The Morgan fingerprint density at radius 2 is 1.95 bits per heavy atom. The zero-order chi connectivity index (χ0) is 13.2. The normalized spacial score (nSPS) is 28.1. The standard InChI is InChI=1S/C16H21BrFN/c17-15-10-14(18)8-7-13(15)11-19-9-3-5-12-4-1-2-6-16(12)19/h7-8,10,12,16H,1-6,9,11H2/t12-,16-/m1/s1. The average molecular weight is 326 g/mol. The summed E-state index contributed by atoms with van der Waals surface area (Å²) in [5, 5.41) is 0. The minimum absolute atomic E-state index is 0.162. The van der Waals surface area contributed by atoms with Gasteiger partial charge in [0.1, 0.15) is 5.82 Å². The fourth-order valence-electron chi connectivity index (χ4n) is 3.79. The summed E-state index contributed by atoms with van der Waals surface area (Å²) in [6, 6.07) is 5.84. The Bertz CT molecular complexity index is 446. The minimum Gasteiger partial charge on any atom is -0.296 e. The Hall–Kier alpha value is -0.410. The maximum absolute atomic E-state index is 13.2. The number of hydrogen-bond acceptors (Lipinski definition) is 1. The Kier molecular flexibility index (Phi) is 4.23. The van der Waals surface area contributed by atoms with Gasteiger partial charge in [0, 0.05) is 17.1 Å². The van der Waals surface area contributed by atoms with Crippen molar-refractivity contribution in [3.63, 3.8) is 0 Å². The molecule has 104 valence electrons. The van der Waals surface area contributed by atoms with Crippen molar-refractivity contribution in [2.75, 3.05) is 6.54 Å². The van der Waals surface area contributed by atoms with E-state index >= 15 is 0 Å². The molecule has 0 amide bonds. The van der Waals surface area contributed by atoms with Gasteiger partial charge in [0.25, 0.3) is 0 Å². The zero-order valence-corrected chi connectivity index (χ0v) is 12.8. The quantitative estimate of drug-likeness (QED) is 0.758. The Balaban J connectivity index is 1.74. The lowest BCUT2D eigenvalue weighted by Gasteiger charge is -2.44. The third-order valence-corrected chi connectivity index (χ3v) is 5.48. The monoisotopic (exact) mass is 325 g/mol. The van der Waals surface area contributed by atoms with Gasteiger partial charge in [-0.15, -0.1) is 0 Å². The molecule has 3 heteroatoms. The van der Waals surface area contributed by atoms with Gasteiger partial charge in [0.05, 0.1) is 0 Å². The first kappa shape index (κ1) is 13.6. The zero-order valence-electron chi connectivity index (χ0n) is 11.2. The molecule has 0 unspecified atom stereocenters. The molecule has 2 fully saturated rings. The van der Waals surface area contributed by atoms with E-state index in [4.69, 9.17) is 0 Å². The van der Waals surface area contributed by atoms with Crippen LogP contribution >= 0.6 is 15.9 Å². The lowest BCUT2D eigenvalue weighted by Crippen LogP contribution is -2.46. The molecular weight excluding hydrogens is 305 g/mol. The molecule has 0 bridgehead atoms. The summed E-state index contributed by atoms with van der Waals surface area (Å²) in [7, 11) is 0. The van der Waals surface area contributed by atoms with Crippen LogP contribution in [0.3, 0.4) is 0 Å². The van der Waals surface area contributed by atoms with Crippen LogP contribution in [0.5, 0.6) is 0 Å². The van der Waals surface area contributed by atoms with Crippen LogP contribution in [-0.4, -0.2) is 17.5 Å². The molecule has 1 aliphatic heterocycles. The first-order chi connectivity index (χ1) is 9.24. The van der Waals surface area contributed by atoms with E-state index in [0.717, 1.165) is 23.0 Å². The molecule has 1 saturated carbocycles. The van der Waals surface area contributed by atoms with Gasteiger partial charge in [-0.25, -0.2) is 4.39 Å². The van der Waals surface area contributed by atoms with E-state index in [2.05, 4.69) is 20.8 Å². The van der Waals surface area contributed by atoms with E-state index in [1.807, 2.05) is 6.07 Å². The largest absolute Gasteiger partial charge is 0.296 e. The Morgan fingerprint density at radius 3 is 2.79 bits per heavy atom. The van der Waals surface area contributed by atoms with Gasteiger partial charge in [-0.05, 0) is 55.8 Å². The average Bonchev–Trinajstić information content (AvgIpc) is 2.42. The van der Waals surface area contributed by atoms with Crippen molar-refractivity contribution >= 4 is 15.9 Å². The minimum atomic E-state index is -0.162. The van der Waals surface area contributed by atoms with Gasteiger partial charge in [-0.2, -0.15) is 0 Å². The molecule has 0 N–H and O–H groups in total. The van der Waals surface area contributed by atoms with E-state index in [1.54, 1.807) is 12.1 Å². The highest BCUT2D eigenvalue weighted by molar-refractivity contribution is 9.10. The highest BCUT2D eigenvalue weighted by Crippen LogP contribution is 2.36. The number of rotatable bonds is 2. The number of fused-ring (bicyclic) bond motifs is 1. The molecule has 1 aromatic rings. The van der Waals surface area contributed by atoms with Crippen LogP contribution in [-0.2, 0) is 6.54 Å². The van der Waals surface area contributed by atoms with Crippen LogP contribution in [0.1, 0.15) is 44.1 Å². The number of nitrogens with zero attached hydrogens (tertiary/aromatic N) is 1. The SMILES string of the molecule is Fc1ccc(CN2CCC[C@H]3CCCC[C@H]32)c(Br)c1. The summed E-state index contributed by atoms with van der Waals surface area (Å²) >= 11 is 3.50. The first-order valence-corrected chi connectivity index (χ1v) is 8.21. The molecule has 1 aliphatic carbocycles. The maximum atomic E-state index is 13.2. The number of piperidine rings is 1. The number of benzene rings is 1. The fraction of sp³-hybridized carbons (Fsp3) is 0.625. The highest BCUT2D eigenvalue weighted by Gasteiger charge is 2.33. The third-order valence-electron chi connectivity index (χ3n) is 4.75. The van der Waals surface area contributed by atoms with Crippen molar-refractivity contribution in [3.8, 4) is 0 Å². The van der Waals surface area contributed by atoms with Crippen LogP contribution < -0.4 is 0 Å². The van der Waals surface area contributed by atoms with Gasteiger partial charge in [0.2, 0.25) is 0 Å². The topological polar surface area (TPSA) is 3.24 Å². The van der Waals surface area contributed by atoms with Crippen LogP contribution in [0.15, 0.2) is 22.7 Å². The van der Waals surface area contributed by atoms with Crippen LogP contribution in [0.4, 0.5) is 4.39 Å². The van der Waals surface area contributed by atoms with Gasteiger partial charge in [0.15, 0.2) is 0 Å². The number of likely N-dealkylation sites (tertiary alicyclic amines) is 1. The molecule has 2 aliphatic rings. The van der Waals surface area contributed by atoms with E-state index < -0.39 is 0 Å². The summed E-state index contributed by atoms with van der Waals surface area (Å²) in [4.78, 5) is 2.63. The molecule has 1 saturated heterocycles. The third kappa shape index (κ3) is 3.03. The van der Waals surface area contributed by atoms with E-state index in [-0.39, 0.29) is 5.82 Å². The van der Waals surface area contributed by atoms with Gasteiger partial charge < -0.3 is 0 Å². The Morgan fingerprint density at radius 1 is 1.16 bits per heavy atom. The van der Waals surface area contributed by atoms with Crippen molar-refractivity contribution in [1.82, 2.24) is 4.90 Å². The van der Waals surface area contributed by atoms with E-state index in [1.165, 1.54) is 50.6 Å². The lowest BCUT2D eigenvalue weighted by molar-refractivity contribution is 0.0545. The van der Waals surface area contributed by atoms with Crippen LogP contribution in [0.2, 0.25) is 0 Å². The second-order valence-corrected chi connectivity index (χ2v) is 6.81. The van der Waals surface area contributed by atoms with Gasteiger partial charge in [-0.3, -0.25) is 4.90 Å². The second-order valence-electron chi connectivity index (χ2n) is 5.96. The van der Waals surface area contributed by atoms with Crippen molar-refractivity contribution in [2.24, 2.45) is 5.92 Å². The second kappa shape index (κ2) is 5.92. The molecule has 1 heterocycles. The number of halogens is 2. The fourth-order valence-corrected chi connectivity index (χ4v) is 4.27. The predicted octanol–water partition coefficient (Wildman–Crippen LogP) is 4.74. The van der Waals surface area contributed by atoms with Crippen molar-refractivity contribution < 1.29 is 4.39 Å². The van der Waals surface area contributed by atoms with E-state index in [0.29, 0.717) is 0 Å². The van der Waals surface area contributed by atoms with Gasteiger partial charge >= 0.3 is 0 Å². The lowest BCUT2D eigenvalue weighted by atomic mass is 9.78. The summed E-state index contributed by atoms with van der Waals surface area (Å²) in [6.07, 6.45) is 8.28. The molecule has 3 rings (SSSR count). The molecule has 1 nitrogen and oxygen atoms in total. The predicted molar refractivity (Wildman–Crippen MR) is 79.5 cm³/mol. The number of hydrogen-bond donors (Lipinski definition) is 0. The summed E-state index contributed by atoms with van der Waals surface area (Å²) in [6.45, 7) is 2.16. The summed E-state index contributed by atoms with van der Waals surface area (Å²) in [5.41, 5.74) is 1.22. The molecular formula is C16H21BrFN. The molecule has 19 heavy (non-hydrogen) atoms. The Labute approximate surface area is 123 Å². The van der Waals surface area contributed by atoms with Crippen LogP contribution in [0.25, 0.3) is 0 Å². The van der Waals surface area contributed by atoms with Crippen molar-refractivity contribution in [1.29, 1.82) is 0 Å². The van der Waals surface area contributed by atoms with Crippen molar-refractivity contribution in [2.45, 2.75) is 51.1 Å². The molecule has 0 aromatic heterocycles. The van der Waals surface area contributed by atoms with E-state index in [9.17, 15) is 4.39 Å². The first-order valence-electron chi connectivity index (χ1n) is 7.42. The van der Waals surface area contributed by atoms with Crippen LogP contribution in [0, 0.1) is 11.7 Å². The summed E-state index contributed by atoms with van der Waals surface area (Å²) < 4.78 is 14.1. The maximum Gasteiger partial charge on any atom is 0.124 e. The highest BCUT2D eigenvalue weighted by atomic mass is 79.9. The smallest absolute Gasteiger partial charge is 0.124 e. The molecule has 0 radical (unpaired) electrons. The molecule has 2 atom stereocenters. The summed E-state index contributed by atoms with van der Waals surface area (Å²) in [5.74, 6) is 0.742. The van der Waals surface area contributed by atoms with Crippen molar-refractivity contribution in [3.05, 3.63) is 34.1 Å².